The summed E-state index contributed by atoms with van der Waals surface area (Å²) in [6, 6.07) is 3.10. The molecule has 1 saturated heterocycles. The van der Waals surface area contributed by atoms with Gasteiger partial charge in [-0.1, -0.05) is 0 Å². The second-order valence-electron chi connectivity index (χ2n) is 7.47. The Balaban J connectivity index is 1.77. The predicted octanol–water partition coefficient (Wildman–Crippen LogP) is 4.30. The fraction of sp³-hybridized carbons (Fsp3) is 0.611. The molecule has 1 heterocycles. The number of hydrogen-bond donors (Lipinski definition) is 2. The van der Waals surface area contributed by atoms with Crippen LogP contribution in [0.5, 0.6) is 0 Å². The summed E-state index contributed by atoms with van der Waals surface area (Å²) in [7, 11) is 0. The molecule has 1 aliphatic heterocycles. The first-order valence-corrected chi connectivity index (χ1v) is 9.41. The number of ether oxygens (including phenoxy) is 1. The predicted molar refractivity (Wildman–Crippen MR) is 102 cm³/mol. The lowest BCUT2D eigenvalue weighted by molar-refractivity contribution is 0.0524. The molecule has 1 amide bonds. The van der Waals surface area contributed by atoms with E-state index in [0.29, 0.717) is 22.6 Å². The molecule has 2 rings (SSSR count). The Bertz CT molecular complexity index is 611. The maximum Gasteiger partial charge on any atom is 0.407 e. The lowest BCUT2D eigenvalue weighted by Gasteiger charge is -2.34. The van der Waals surface area contributed by atoms with Crippen molar-refractivity contribution < 1.29 is 13.9 Å². The molecular formula is C18H27BrFN3O2. The summed E-state index contributed by atoms with van der Waals surface area (Å²) in [4.78, 5) is 13.8. The number of nitrogens with two attached hydrogens (primary N) is 1. The molecule has 0 aromatic heterocycles. The van der Waals surface area contributed by atoms with E-state index < -0.39 is 5.60 Å². The Morgan fingerprint density at radius 3 is 2.64 bits per heavy atom. The lowest BCUT2D eigenvalue weighted by Crippen LogP contribution is -2.37. The molecule has 0 radical (unpaired) electrons. The Hall–Kier alpha value is -1.50. The summed E-state index contributed by atoms with van der Waals surface area (Å²) in [5, 5.41) is 2.81. The molecule has 0 spiro atoms. The number of hydrogen-bond acceptors (Lipinski definition) is 4. The molecule has 0 bridgehead atoms. The fourth-order valence-electron chi connectivity index (χ4n) is 2.98. The zero-order valence-electron chi connectivity index (χ0n) is 15.1. The number of nitrogens with one attached hydrogen (secondary N) is 1. The van der Waals surface area contributed by atoms with Crippen LogP contribution < -0.4 is 16.0 Å². The van der Waals surface area contributed by atoms with Crippen LogP contribution in [-0.4, -0.2) is 31.3 Å². The van der Waals surface area contributed by atoms with Gasteiger partial charge in [-0.05, 0) is 67.9 Å². The normalized spacial score (nSPS) is 16.0. The number of anilines is 2. The molecule has 140 valence electrons. The number of piperidine rings is 1. The van der Waals surface area contributed by atoms with Crippen LogP contribution in [0.3, 0.4) is 0 Å². The summed E-state index contributed by atoms with van der Waals surface area (Å²) in [5.41, 5.74) is 6.82. The van der Waals surface area contributed by atoms with E-state index in [1.807, 2.05) is 20.8 Å². The van der Waals surface area contributed by atoms with Gasteiger partial charge >= 0.3 is 6.09 Å². The third-order valence-electron chi connectivity index (χ3n) is 4.25. The molecule has 0 saturated carbocycles. The smallest absolute Gasteiger partial charge is 0.407 e. The number of nitrogens with zero attached hydrogens (tertiary/aromatic N) is 1. The molecular weight excluding hydrogens is 389 g/mol. The first-order valence-electron chi connectivity index (χ1n) is 8.62. The van der Waals surface area contributed by atoms with Crippen molar-refractivity contribution in [3.05, 3.63) is 22.4 Å². The van der Waals surface area contributed by atoms with Crippen molar-refractivity contribution in [2.45, 2.75) is 45.6 Å². The fourth-order valence-corrected chi connectivity index (χ4v) is 3.31. The van der Waals surface area contributed by atoms with E-state index in [4.69, 9.17) is 10.5 Å². The molecule has 1 aliphatic rings. The maximum absolute atomic E-state index is 13.5. The van der Waals surface area contributed by atoms with Crippen molar-refractivity contribution in [2.75, 3.05) is 30.3 Å². The SMILES string of the molecule is CC(C)(C)OC(=O)NCCC1CCN(c2cc(Br)c(F)cc2N)CC1. The van der Waals surface area contributed by atoms with Gasteiger partial charge in [0.15, 0.2) is 0 Å². The van der Waals surface area contributed by atoms with E-state index >= 15 is 0 Å². The van der Waals surface area contributed by atoms with Crippen LogP contribution in [0.15, 0.2) is 16.6 Å². The number of benzene rings is 1. The summed E-state index contributed by atoms with van der Waals surface area (Å²) in [5.74, 6) is 0.209. The van der Waals surface area contributed by atoms with E-state index in [1.54, 1.807) is 6.07 Å². The zero-order valence-corrected chi connectivity index (χ0v) is 16.7. The van der Waals surface area contributed by atoms with Crippen LogP contribution in [-0.2, 0) is 4.74 Å². The Kier molecular flexibility index (Phi) is 6.54. The Morgan fingerprint density at radius 2 is 2.04 bits per heavy atom. The molecule has 0 aliphatic carbocycles. The minimum absolute atomic E-state index is 0.343. The van der Waals surface area contributed by atoms with Crippen molar-refractivity contribution in [2.24, 2.45) is 5.92 Å². The van der Waals surface area contributed by atoms with Crippen molar-refractivity contribution in [1.82, 2.24) is 5.32 Å². The highest BCUT2D eigenvalue weighted by Crippen LogP contribution is 2.33. The van der Waals surface area contributed by atoms with Gasteiger partial charge in [0.2, 0.25) is 0 Å². The van der Waals surface area contributed by atoms with Crippen molar-refractivity contribution >= 4 is 33.4 Å². The van der Waals surface area contributed by atoms with Gasteiger partial charge in [-0.2, -0.15) is 0 Å². The van der Waals surface area contributed by atoms with E-state index in [-0.39, 0.29) is 11.9 Å². The number of nitrogen functional groups attached to an aromatic ring is 1. The minimum Gasteiger partial charge on any atom is -0.444 e. The number of halogens is 2. The van der Waals surface area contributed by atoms with Gasteiger partial charge in [-0.25, -0.2) is 9.18 Å². The van der Waals surface area contributed by atoms with Gasteiger partial charge in [0.1, 0.15) is 11.4 Å². The zero-order chi connectivity index (χ0) is 18.6. The summed E-state index contributed by atoms with van der Waals surface area (Å²) in [6.45, 7) is 7.91. The van der Waals surface area contributed by atoms with Crippen LogP contribution in [0.2, 0.25) is 0 Å². The average molecular weight is 416 g/mol. The Morgan fingerprint density at radius 1 is 1.40 bits per heavy atom. The lowest BCUT2D eigenvalue weighted by atomic mass is 9.93. The number of carbonyl (C=O) groups is 1. The molecule has 3 N–H and O–H groups in total. The first-order chi connectivity index (χ1) is 11.7. The van der Waals surface area contributed by atoms with Crippen molar-refractivity contribution in [1.29, 1.82) is 0 Å². The van der Waals surface area contributed by atoms with Crippen molar-refractivity contribution in [3.8, 4) is 0 Å². The number of carbonyl (C=O) groups excluding carboxylic acids is 1. The largest absolute Gasteiger partial charge is 0.444 e. The van der Waals surface area contributed by atoms with Crippen LogP contribution in [0.4, 0.5) is 20.6 Å². The summed E-state index contributed by atoms with van der Waals surface area (Å²) >= 11 is 3.22. The van der Waals surface area contributed by atoms with E-state index in [1.165, 1.54) is 6.07 Å². The quantitative estimate of drug-likeness (QED) is 0.719. The van der Waals surface area contributed by atoms with Gasteiger partial charge in [0.25, 0.3) is 0 Å². The second-order valence-corrected chi connectivity index (χ2v) is 8.33. The molecule has 5 nitrogen and oxygen atoms in total. The summed E-state index contributed by atoms with van der Waals surface area (Å²) in [6.07, 6.45) is 2.60. The van der Waals surface area contributed by atoms with E-state index in [0.717, 1.165) is 38.0 Å². The van der Waals surface area contributed by atoms with E-state index in [2.05, 4.69) is 26.1 Å². The van der Waals surface area contributed by atoms with Gasteiger partial charge in [0, 0.05) is 25.7 Å². The first kappa shape index (κ1) is 19.8. The number of alkyl carbamates (subject to hydrolysis) is 1. The number of amides is 1. The third kappa shape index (κ3) is 6.06. The third-order valence-corrected chi connectivity index (χ3v) is 4.85. The van der Waals surface area contributed by atoms with Crippen LogP contribution >= 0.6 is 15.9 Å². The van der Waals surface area contributed by atoms with Gasteiger partial charge in [-0.3, -0.25) is 0 Å². The highest BCUT2D eigenvalue weighted by atomic mass is 79.9. The molecule has 1 aromatic rings. The Labute approximate surface area is 157 Å². The maximum atomic E-state index is 13.5. The molecule has 1 fully saturated rings. The van der Waals surface area contributed by atoms with Gasteiger partial charge in [-0.15, -0.1) is 0 Å². The number of rotatable bonds is 4. The molecule has 0 unspecified atom stereocenters. The molecule has 25 heavy (non-hydrogen) atoms. The van der Waals surface area contributed by atoms with Crippen LogP contribution in [0.1, 0.15) is 40.0 Å². The standard InChI is InChI=1S/C18H27BrFN3O2/c1-18(2,3)25-17(24)22-7-4-12-5-8-23(9-6-12)16-10-13(19)14(20)11-15(16)21/h10-12H,4-9,21H2,1-3H3,(H,22,24). The van der Waals surface area contributed by atoms with E-state index in [9.17, 15) is 9.18 Å². The van der Waals surface area contributed by atoms with Gasteiger partial charge in [0.05, 0.1) is 15.8 Å². The van der Waals surface area contributed by atoms with Crippen LogP contribution in [0.25, 0.3) is 0 Å². The topological polar surface area (TPSA) is 67.6 Å². The van der Waals surface area contributed by atoms with Gasteiger partial charge < -0.3 is 20.7 Å². The average Bonchev–Trinajstić information content (AvgIpc) is 2.50. The monoisotopic (exact) mass is 415 g/mol. The highest BCUT2D eigenvalue weighted by Gasteiger charge is 2.22. The van der Waals surface area contributed by atoms with Crippen LogP contribution in [0, 0.1) is 11.7 Å². The second kappa shape index (κ2) is 8.25. The van der Waals surface area contributed by atoms with Crippen molar-refractivity contribution in [3.63, 3.8) is 0 Å². The minimum atomic E-state index is -0.473. The molecule has 7 heteroatoms. The molecule has 0 atom stereocenters. The summed E-state index contributed by atoms with van der Waals surface area (Å²) < 4.78 is 19.2. The highest BCUT2D eigenvalue weighted by molar-refractivity contribution is 9.10. The molecule has 1 aromatic carbocycles.